The van der Waals surface area contributed by atoms with Crippen LogP contribution < -0.4 is 4.90 Å². The van der Waals surface area contributed by atoms with Gasteiger partial charge in [-0.05, 0) is 80.0 Å². The zero-order valence-corrected chi connectivity index (χ0v) is 31.9. The van der Waals surface area contributed by atoms with Gasteiger partial charge in [-0.1, -0.05) is 184 Å². The largest absolute Gasteiger partial charge is 0.455 e. The third-order valence-electron chi connectivity index (χ3n) is 12.1. The predicted molar refractivity (Wildman–Crippen MR) is 240 cm³/mol. The first-order valence-corrected chi connectivity index (χ1v) is 19.8. The summed E-state index contributed by atoms with van der Waals surface area (Å²) in [5, 5.41) is 4.74. The third kappa shape index (κ3) is 5.18. The van der Waals surface area contributed by atoms with Crippen molar-refractivity contribution in [3.8, 4) is 44.5 Å². The summed E-state index contributed by atoms with van der Waals surface area (Å²) in [6.45, 7) is 4.71. The van der Waals surface area contributed by atoms with Gasteiger partial charge in [0.2, 0.25) is 0 Å². The second kappa shape index (κ2) is 13.0. The molecule has 0 bridgehead atoms. The lowest BCUT2D eigenvalue weighted by molar-refractivity contribution is 0.660. The van der Waals surface area contributed by atoms with Crippen molar-refractivity contribution in [2.75, 3.05) is 4.90 Å². The molecule has 0 saturated carbocycles. The molecule has 0 fully saturated rings. The monoisotopic (exact) mass is 729 g/mol. The van der Waals surface area contributed by atoms with Crippen molar-refractivity contribution in [1.82, 2.24) is 0 Å². The topological polar surface area (TPSA) is 16.4 Å². The third-order valence-corrected chi connectivity index (χ3v) is 12.1. The fraction of sp³-hybridized carbons (Fsp3) is 0.0545. The molecule has 0 atom stereocenters. The van der Waals surface area contributed by atoms with E-state index in [2.05, 4.69) is 207 Å². The molecule has 9 aromatic carbocycles. The maximum absolute atomic E-state index is 6.49. The van der Waals surface area contributed by atoms with Crippen LogP contribution in [-0.2, 0) is 5.41 Å². The fourth-order valence-electron chi connectivity index (χ4n) is 9.41. The van der Waals surface area contributed by atoms with Gasteiger partial charge in [0, 0.05) is 38.6 Å². The quantitative estimate of drug-likeness (QED) is 0.169. The standard InChI is InChI=1S/C55H39NO/c1-55(2)47-27-9-6-22-46(47)53-48(55)28-15-30-50(53)56(39-34-32-37(33-35-39)41-24-14-26-45-43-21-8-11-31-51(43)57-54(41)45)49-29-10-7-20-42(49)44-25-13-19-38-18-12-23-40(52(38)44)36-16-4-3-5-17-36/h3-35H,1-2H3. The molecule has 0 aliphatic heterocycles. The van der Waals surface area contributed by atoms with Crippen LogP contribution in [0.25, 0.3) is 77.2 Å². The van der Waals surface area contributed by atoms with Gasteiger partial charge in [-0.25, -0.2) is 0 Å². The van der Waals surface area contributed by atoms with E-state index in [-0.39, 0.29) is 5.41 Å². The molecule has 0 unspecified atom stereocenters. The number of nitrogens with zero attached hydrogens (tertiary/aromatic N) is 1. The van der Waals surface area contributed by atoms with E-state index in [1.165, 1.54) is 55.3 Å². The smallest absolute Gasteiger partial charge is 0.143 e. The Morgan fingerprint density at radius 3 is 1.82 bits per heavy atom. The van der Waals surface area contributed by atoms with Gasteiger partial charge < -0.3 is 9.32 Å². The van der Waals surface area contributed by atoms with Crippen LogP contribution in [0.2, 0.25) is 0 Å². The molecule has 0 saturated heterocycles. The van der Waals surface area contributed by atoms with Gasteiger partial charge in [0.1, 0.15) is 11.2 Å². The summed E-state index contributed by atoms with van der Waals surface area (Å²) in [6, 6.07) is 72.7. The number of rotatable bonds is 6. The summed E-state index contributed by atoms with van der Waals surface area (Å²) in [7, 11) is 0. The Balaban J connectivity index is 1.15. The molecule has 10 aromatic rings. The number of hydrogen-bond acceptors (Lipinski definition) is 2. The molecule has 0 radical (unpaired) electrons. The highest BCUT2D eigenvalue weighted by Gasteiger charge is 2.38. The normalized spacial score (nSPS) is 12.9. The van der Waals surface area contributed by atoms with E-state index in [4.69, 9.17) is 4.42 Å². The van der Waals surface area contributed by atoms with Gasteiger partial charge in [0.25, 0.3) is 0 Å². The number of fused-ring (bicyclic) bond motifs is 7. The van der Waals surface area contributed by atoms with E-state index < -0.39 is 0 Å². The minimum atomic E-state index is -0.136. The summed E-state index contributed by atoms with van der Waals surface area (Å²) in [5.41, 5.74) is 17.3. The van der Waals surface area contributed by atoms with Crippen molar-refractivity contribution in [3.05, 3.63) is 211 Å². The number of hydrogen-bond donors (Lipinski definition) is 0. The first kappa shape index (κ1) is 33.2. The molecule has 0 spiro atoms. The van der Waals surface area contributed by atoms with Crippen LogP contribution in [0.1, 0.15) is 25.0 Å². The summed E-state index contributed by atoms with van der Waals surface area (Å²) in [5.74, 6) is 0. The van der Waals surface area contributed by atoms with E-state index in [1.54, 1.807) is 0 Å². The van der Waals surface area contributed by atoms with Gasteiger partial charge in [0.15, 0.2) is 0 Å². The second-order valence-electron chi connectivity index (χ2n) is 15.6. The Hall–Kier alpha value is -7.16. The molecule has 2 heteroatoms. The number of para-hydroxylation sites is 3. The highest BCUT2D eigenvalue weighted by atomic mass is 16.3. The maximum Gasteiger partial charge on any atom is 0.143 e. The Bertz CT molecular complexity index is 3150. The van der Waals surface area contributed by atoms with Crippen molar-refractivity contribution < 1.29 is 4.42 Å². The molecule has 2 nitrogen and oxygen atoms in total. The predicted octanol–water partition coefficient (Wildman–Crippen LogP) is 15.5. The van der Waals surface area contributed by atoms with Gasteiger partial charge in [0.05, 0.1) is 11.4 Å². The average molecular weight is 730 g/mol. The van der Waals surface area contributed by atoms with Gasteiger partial charge >= 0.3 is 0 Å². The Labute approximate surface area is 332 Å². The van der Waals surface area contributed by atoms with E-state index in [0.29, 0.717) is 0 Å². The van der Waals surface area contributed by atoms with E-state index in [1.807, 2.05) is 12.1 Å². The summed E-state index contributed by atoms with van der Waals surface area (Å²) in [6.07, 6.45) is 0. The molecule has 57 heavy (non-hydrogen) atoms. The van der Waals surface area contributed by atoms with Gasteiger partial charge in [-0.15, -0.1) is 0 Å². The molecule has 1 aliphatic carbocycles. The van der Waals surface area contributed by atoms with Crippen LogP contribution in [0.15, 0.2) is 205 Å². The molecule has 0 N–H and O–H groups in total. The first-order chi connectivity index (χ1) is 28.1. The lowest BCUT2D eigenvalue weighted by Crippen LogP contribution is -2.16. The fourth-order valence-corrected chi connectivity index (χ4v) is 9.41. The van der Waals surface area contributed by atoms with E-state index in [0.717, 1.165) is 50.1 Å². The van der Waals surface area contributed by atoms with Gasteiger partial charge in [-0.2, -0.15) is 0 Å². The highest BCUT2D eigenvalue weighted by molar-refractivity contribution is 6.11. The Morgan fingerprint density at radius 1 is 0.404 bits per heavy atom. The van der Waals surface area contributed by atoms with Crippen molar-refractivity contribution in [2.24, 2.45) is 0 Å². The second-order valence-corrected chi connectivity index (χ2v) is 15.6. The van der Waals surface area contributed by atoms with Crippen LogP contribution in [-0.4, -0.2) is 0 Å². The molecular formula is C55H39NO. The molecular weight excluding hydrogens is 691 g/mol. The zero-order valence-electron chi connectivity index (χ0n) is 31.9. The number of anilines is 3. The number of furan rings is 1. The molecule has 1 aliphatic rings. The van der Waals surface area contributed by atoms with Gasteiger partial charge in [-0.3, -0.25) is 0 Å². The molecule has 270 valence electrons. The minimum Gasteiger partial charge on any atom is -0.455 e. The van der Waals surface area contributed by atoms with Crippen molar-refractivity contribution >= 4 is 49.8 Å². The van der Waals surface area contributed by atoms with Crippen molar-refractivity contribution in [1.29, 1.82) is 0 Å². The zero-order chi connectivity index (χ0) is 38.1. The summed E-state index contributed by atoms with van der Waals surface area (Å²) in [4.78, 5) is 2.49. The Kier molecular flexibility index (Phi) is 7.55. The SMILES string of the molecule is CC1(C)c2ccccc2-c2c(N(c3ccc(-c4cccc5c4oc4ccccc45)cc3)c3ccccc3-c3cccc4cccc(-c5ccccc5)c34)cccc21. The van der Waals surface area contributed by atoms with Crippen molar-refractivity contribution in [3.63, 3.8) is 0 Å². The Morgan fingerprint density at radius 2 is 0.982 bits per heavy atom. The van der Waals surface area contributed by atoms with Crippen LogP contribution in [0, 0.1) is 0 Å². The van der Waals surface area contributed by atoms with E-state index in [9.17, 15) is 0 Å². The summed E-state index contributed by atoms with van der Waals surface area (Å²) >= 11 is 0. The first-order valence-electron chi connectivity index (χ1n) is 19.8. The lowest BCUT2D eigenvalue weighted by Gasteiger charge is -2.31. The summed E-state index contributed by atoms with van der Waals surface area (Å²) < 4.78 is 6.49. The molecule has 1 aromatic heterocycles. The molecule has 1 heterocycles. The maximum atomic E-state index is 6.49. The average Bonchev–Trinajstić information content (AvgIpc) is 3.76. The molecule has 0 amide bonds. The van der Waals surface area contributed by atoms with E-state index >= 15 is 0 Å². The molecule has 11 rings (SSSR count). The van der Waals surface area contributed by atoms with Crippen LogP contribution >= 0.6 is 0 Å². The van der Waals surface area contributed by atoms with Crippen molar-refractivity contribution in [2.45, 2.75) is 19.3 Å². The van der Waals surface area contributed by atoms with Crippen LogP contribution in [0.3, 0.4) is 0 Å². The minimum absolute atomic E-state index is 0.136. The lowest BCUT2D eigenvalue weighted by atomic mass is 9.82. The highest BCUT2D eigenvalue weighted by Crippen LogP contribution is 2.55. The number of benzene rings is 9. The van der Waals surface area contributed by atoms with Crippen LogP contribution in [0.4, 0.5) is 17.1 Å². The van der Waals surface area contributed by atoms with Crippen LogP contribution in [0.5, 0.6) is 0 Å².